The highest BCUT2D eigenvalue weighted by molar-refractivity contribution is 9.11. The van der Waals surface area contributed by atoms with Gasteiger partial charge in [-0.05, 0) is 41.9 Å². The molecule has 0 radical (unpaired) electrons. The van der Waals surface area contributed by atoms with Crippen LogP contribution in [0.4, 0.5) is 0 Å². The Kier molecular flexibility index (Phi) is 6.48. The largest absolute Gasteiger partial charge is 0.492 e. The van der Waals surface area contributed by atoms with E-state index in [4.69, 9.17) is 9.84 Å². The van der Waals surface area contributed by atoms with Crippen LogP contribution in [-0.4, -0.2) is 24.4 Å². The van der Waals surface area contributed by atoms with Crippen LogP contribution in [0.2, 0.25) is 0 Å². The van der Waals surface area contributed by atoms with E-state index < -0.39 is 0 Å². The van der Waals surface area contributed by atoms with Crippen LogP contribution in [-0.2, 0) is 6.54 Å². The number of rotatable bonds is 6. The van der Waals surface area contributed by atoms with Gasteiger partial charge in [0.1, 0.15) is 5.75 Å². The van der Waals surface area contributed by atoms with Crippen molar-refractivity contribution in [2.75, 3.05) is 13.2 Å². The average molecular weight is 367 g/mol. The summed E-state index contributed by atoms with van der Waals surface area (Å²) in [5.41, 5.74) is 1.06. The summed E-state index contributed by atoms with van der Waals surface area (Å²) in [4.78, 5) is 0. The first-order valence-corrected chi connectivity index (χ1v) is 7.12. The molecule has 0 aromatic heterocycles. The fourth-order valence-electron chi connectivity index (χ4n) is 1.40. The Morgan fingerprint density at radius 3 is 2.71 bits per heavy atom. The van der Waals surface area contributed by atoms with Crippen LogP contribution < -0.4 is 10.1 Å². The molecule has 17 heavy (non-hydrogen) atoms. The van der Waals surface area contributed by atoms with E-state index in [-0.39, 0.29) is 12.6 Å². The Hall–Kier alpha value is -0.100. The van der Waals surface area contributed by atoms with Gasteiger partial charge >= 0.3 is 0 Å². The highest BCUT2D eigenvalue weighted by Gasteiger charge is 2.10. The van der Waals surface area contributed by atoms with Crippen molar-refractivity contribution in [3.63, 3.8) is 0 Å². The summed E-state index contributed by atoms with van der Waals surface area (Å²) in [7, 11) is 0. The molecule has 5 heteroatoms. The van der Waals surface area contributed by atoms with Crippen molar-refractivity contribution in [2.45, 2.75) is 26.4 Å². The molecule has 1 aromatic rings. The quantitative estimate of drug-likeness (QED) is 0.812. The van der Waals surface area contributed by atoms with Gasteiger partial charge in [0.15, 0.2) is 0 Å². The lowest BCUT2D eigenvalue weighted by Crippen LogP contribution is -2.28. The van der Waals surface area contributed by atoms with Gasteiger partial charge in [0.05, 0.1) is 17.7 Å². The standard InChI is InChI=1S/C12H17Br2NO2/c1-3-17-12-9(6-15-8(2)7-16)4-10(13)5-11(12)14/h4-5,8,15-16H,3,6-7H2,1-2H3. The molecule has 0 spiro atoms. The fraction of sp³-hybridized carbons (Fsp3) is 0.500. The summed E-state index contributed by atoms with van der Waals surface area (Å²) >= 11 is 6.95. The Bertz CT molecular complexity index is 372. The second-order valence-electron chi connectivity index (χ2n) is 3.77. The topological polar surface area (TPSA) is 41.5 Å². The summed E-state index contributed by atoms with van der Waals surface area (Å²) in [5, 5.41) is 12.2. The third-order valence-electron chi connectivity index (χ3n) is 2.29. The molecule has 1 rings (SSSR count). The number of ether oxygens (including phenoxy) is 1. The van der Waals surface area contributed by atoms with Crippen LogP contribution in [0.5, 0.6) is 5.75 Å². The molecule has 1 atom stereocenters. The van der Waals surface area contributed by atoms with E-state index in [1.807, 2.05) is 26.0 Å². The molecule has 0 aliphatic carbocycles. The number of benzene rings is 1. The predicted molar refractivity (Wildman–Crippen MR) is 76.4 cm³/mol. The van der Waals surface area contributed by atoms with Crippen molar-refractivity contribution in [3.05, 3.63) is 26.6 Å². The predicted octanol–water partition coefficient (Wildman–Crippen LogP) is 3.08. The Balaban J connectivity index is 2.87. The van der Waals surface area contributed by atoms with Crippen molar-refractivity contribution >= 4 is 31.9 Å². The number of hydrogen-bond acceptors (Lipinski definition) is 3. The molecule has 0 fully saturated rings. The van der Waals surface area contributed by atoms with E-state index in [1.54, 1.807) is 0 Å². The van der Waals surface area contributed by atoms with E-state index in [1.165, 1.54) is 0 Å². The summed E-state index contributed by atoms with van der Waals surface area (Å²) < 4.78 is 7.55. The van der Waals surface area contributed by atoms with Gasteiger partial charge in [-0.25, -0.2) is 0 Å². The minimum absolute atomic E-state index is 0.0715. The smallest absolute Gasteiger partial charge is 0.138 e. The maximum Gasteiger partial charge on any atom is 0.138 e. The zero-order valence-electron chi connectivity index (χ0n) is 9.96. The molecule has 0 saturated heterocycles. The maximum atomic E-state index is 8.98. The minimum atomic E-state index is 0.0715. The Morgan fingerprint density at radius 2 is 2.12 bits per heavy atom. The molecule has 1 unspecified atom stereocenters. The van der Waals surface area contributed by atoms with Crippen LogP contribution in [0.15, 0.2) is 21.1 Å². The molecule has 1 aromatic carbocycles. The molecular weight excluding hydrogens is 350 g/mol. The van der Waals surface area contributed by atoms with Gasteiger partial charge < -0.3 is 15.2 Å². The second kappa shape index (κ2) is 7.36. The highest BCUT2D eigenvalue weighted by atomic mass is 79.9. The molecule has 0 heterocycles. The first-order valence-electron chi connectivity index (χ1n) is 5.53. The van der Waals surface area contributed by atoms with Crippen LogP contribution >= 0.6 is 31.9 Å². The van der Waals surface area contributed by atoms with Crippen molar-refractivity contribution < 1.29 is 9.84 Å². The summed E-state index contributed by atoms with van der Waals surface area (Å²) in [5.74, 6) is 0.855. The Morgan fingerprint density at radius 1 is 1.41 bits per heavy atom. The van der Waals surface area contributed by atoms with Crippen LogP contribution in [0.25, 0.3) is 0 Å². The summed E-state index contributed by atoms with van der Waals surface area (Å²) in [6.07, 6.45) is 0. The molecule has 0 saturated carbocycles. The van der Waals surface area contributed by atoms with E-state index >= 15 is 0 Å². The van der Waals surface area contributed by atoms with Gasteiger partial charge in [0.25, 0.3) is 0 Å². The molecule has 0 aliphatic rings. The zero-order chi connectivity index (χ0) is 12.8. The van der Waals surface area contributed by atoms with E-state index in [0.717, 1.165) is 20.3 Å². The summed E-state index contributed by atoms with van der Waals surface area (Å²) in [6.45, 7) is 5.31. The van der Waals surface area contributed by atoms with Crippen LogP contribution in [0.1, 0.15) is 19.4 Å². The zero-order valence-corrected chi connectivity index (χ0v) is 13.1. The third kappa shape index (κ3) is 4.58. The van der Waals surface area contributed by atoms with E-state index in [0.29, 0.717) is 13.2 Å². The summed E-state index contributed by atoms with van der Waals surface area (Å²) in [6, 6.07) is 4.05. The lowest BCUT2D eigenvalue weighted by Gasteiger charge is -2.16. The second-order valence-corrected chi connectivity index (χ2v) is 5.54. The average Bonchev–Trinajstić information content (AvgIpc) is 2.29. The van der Waals surface area contributed by atoms with Gasteiger partial charge in [-0.2, -0.15) is 0 Å². The van der Waals surface area contributed by atoms with Gasteiger partial charge in [-0.1, -0.05) is 15.9 Å². The van der Waals surface area contributed by atoms with E-state index in [2.05, 4.69) is 37.2 Å². The Labute approximate surface area is 119 Å². The number of hydrogen-bond donors (Lipinski definition) is 2. The number of aliphatic hydroxyl groups excluding tert-OH is 1. The molecule has 2 N–H and O–H groups in total. The first kappa shape index (κ1) is 15.0. The SMILES string of the molecule is CCOc1c(Br)cc(Br)cc1CNC(C)CO. The molecule has 0 aliphatic heterocycles. The van der Waals surface area contributed by atoms with Crippen molar-refractivity contribution in [1.82, 2.24) is 5.32 Å². The van der Waals surface area contributed by atoms with Gasteiger partial charge in [0, 0.05) is 22.6 Å². The van der Waals surface area contributed by atoms with Crippen LogP contribution in [0, 0.1) is 0 Å². The third-order valence-corrected chi connectivity index (χ3v) is 3.34. The minimum Gasteiger partial charge on any atom is -0.492 e. The molecule has 0 amide bonds. The van der Waals surface area contributed by atoms with Gasteiger partial charge in [-0.3, -0.25) is 0 Å². The molecule has 0 bridgehead atoms. The number of halogens is 2. The number of aliphatic hydroxyl groups is 1. The number of nitrogens with one attached hydrogen (secondary N) is 1. The monoisotopic (exact) mass is 365 g/mol. The fourth-order valence-corrected chi connectivity index (χ4v) is 2.83. The van der Waals surface area contributed by atoms with Crippen molar-refractivity contribution in [3.8, 4) is 5.75 Å². The highest BCUT2D eigenvalue weighted by Crippen LogP contribution is 2.32. The lowest BCUT2D eigenvalue weighted by molar-refractivity contribution is 0.250. The van der Waals surface area contributed by atoms with E-state index in [9.17, 15) is 0 Å². The molecule has 96 valence electrons. The van der Waals surface area contributed by atoms with Gasteiger partial charge in [0.2, 0.25) is 0 Å². The normalized spacial score (nSPS) is 12.5. The van der Waals surface area contributed by atoms with Crippen LogP contribution in [0.3, 0.4) is 0 Å². The van der Waals surface area contributed by atoms with Crippen molar-refractivity contribution in [1.29, 1.82) is 0 Å². The van der Waals surface area contributed by atoms with Gasteiger partial charge in [-0.15, -0.1) is 0 Å². The first-order chi connectivity index (χ1) is 8.08. The maximum absolute atomic E-state index is 8.98. The molecular formula is C12H17Br2NO2. The molecule has 3 nitrogen and oxygen atoms in total. The van der Waals surface area contributed by atoms with Crippen molar-refractivity contribution in [2.24, 2.45) is 0 Å². The lowest BCUT2D eigenvalue weighted by atomic mass is 10.2.